The van der Waals surface area contributed by atoms with Crippen LogP contribution in [0.5, 0.6) is 5.75 Å². The Morgan fingerprint density at radius 1 is 1.26 bits per heavy atom. The lowest BCUT2D eigenvalue weighted by molar-refractivity contribution is 0.402. The fourth-order valence-corrected chi connectivity index (χ4v) is 3.18. The van der Waals surface area contributed by atoms with Gasteiger partial charge in [-0.05, 0) is 18.2 Å². The second-order valence-electron chi connectivity index (χ2n) is 3.94. The maximum absolute atomic E-state index is 12.0. The number of sulfonamides is 1. The fourth-order valence-electron chi connectivity index (χ4n) is 1.34. The van der Waals surface area contributed by atoms with Gasteiger partial charge in [0.25, 0.3) is 0 Å². The highest BCUT2D eigenvalue weighted by atomic mass is 32.2. The molecule has 0 fully saturated rings. The third kappa shape index (κ3) is 4.69. The van der Waals surface area contributed by atoms with Crippen LogP contribution in [0.4, 0.5) is 5.69 Å². The number of anilines is 1. The van der Waals surface area contributed by atoms with Crippen LogP contribution < -0.4 is 15.2 Å². The number of nitrogens with one attached hydrogen (secondary N) is 1. The van der Waals surface area contributed by atoms with E-state index in [2.05, 4.69) is 4.72 Å². The van der Waals surface area contributed by atoms with Crippen LogP contribution in [0, 0.1) is 0 Å². The fraction of sp³-hybridized carbons (Fsp3) is 0.400. The predicted octanol–water partition coefficient (Wildman–Crippen LogP) is -0.400. The number of benzene rings is 1. The Labute approximate surface area is 112 Å². The molecule has 7 nitrogen and oxygen atoms in total. The van der Waals surface area contributed by atoms with Gasteiger partial charge in [0.1, 0.15) is 20.5 Å². The molecular formula is C10H16N2O5S2. The topological polar surface area (TPSA) is 116 Å². The summed E-state index contributed by atoms with van der Waals surface area (Å²) in [5.74, 6) is -0.141. The average Bonchev–Trinajstić information content (AvgIpc) is 2.27. The van der Waals surface area contributed by atoms with Crippen LogP contribution in [0.25, 0.3) is 0 Å². The minimum absolute atomic E-state index is 0.122. The van der Waals surface area contributed by atoms with Crippen molar-refractivity contribution in [2.75, 3.05) is 31.4 Å². The molecule has 108 valence electrons. The van der Waals surface area contributed by atoms with Crippen molar-refractivity contribution in [3.63, 3.8) is 0 Å². The first-order valence-electron chi connectivity index (χ1n) is 5.26. The molecule has 0 spiro atoms. The van der Waals surface area contributed by atoms with E-state index in [4.69, 9.17) is 10.5 Å². The minimum Gasteiger partial charge on any atom is -0.495 e. The van der Waals surface area contributed by atoms with Crippen LogP contribution in [-0.4, -0.2) is 42.5 Å². The summed E-state index contributed by atoms with van der Waals surface area (Å²) < 4.78 is 53.1. The highest BCUT2D eigenvalue weighted by Gasteiger charge is 2.20. The zero-order valence-corrected chi connectivity index (χ0v) is 12.2. The Balaban J connectivity index is 2.97. The Kier molecular flexibility index (Phi) is 4.77. The van der Waals surface area contributed by atoms with Crippen LogP contribution in [0.2, 0.25) is 0 Å². The molecule has 0 radical (unpaired) electrons. The summed E-state index contributed by atoms with van der Waals surface area (Å²) in [4.78, 5) is -0.122. The zero-order valence-electron chi connectivity index (χ0n) is 10.6. The second-order valence-corrected chi connectivity index (χ2v) is 7.93. The van der Waals surface area contributed by atoms with E-state index in [1.165, 1.54) is 25.3 Å². The van der Waals surface area contributed by atoms with Crippen molar-refractivity contribution in [3.8, 4) is 5.75 Å². The quantitative estimate of drug-likeness (QED) is 0.691. The van der Waals surface area contributed by atoms with Crippen LogP contribution in [0.3, 0.4) is 0 Å². The molecule has 0 aromatic heterocycles. The third-order valence-corrected chi connectivity index (χ3v) is 4.67. The number of hydrogen-bond acceptors (Lipinski definition) is 6. The highest BCUT2D eigenvalue weighted by Crippen LogP contribution is 2.25. The van der Waals surface area contributed by atoms with Gasteiger partial charge in [0.05, 0.1) is 12.9 Å². The smallest absolute Gasteiger partial charge is 0.244 e. The van der Waals surface area contributed by atoms with Crippen molar-refractivity contribution in [2.24, 2.45) is 0 Å². The first kappa shape index (κ1) is 15.7. The van der Waals surface area contributed by atoms with E-state index in [0.717, 1.165) is 6.26 Å². The lowest BCUT2D eigenvalue weighted by Gasteiger charge is -2.11. The Morgan fingerprint density at radius 3 is 2.42 bits per heavy atom. The number of nitrogen functional groups attached to an aromatic ring is 1. The Hall–Kier alpha value is -1.32. The summed E-state index contributed by atoms with van der Waals surface area (Å²) in [5.41, 5.74) is 5.80. The number of methoxy groups -OCH3 is 1. The summed E-state index contributed by atoms with van der Waals surface area (Å²) in [7, 11) is -5.77. The van der Waals surface area contributed by atoms with Crippen LogP contribution >= 0.6 is 0 Å². The van der Waals surface area contributed by atoms with E-state index < -0.39 is 19.9 Å². The molecule has 1 rings (SSSR count). The maximum atomic E-state index is 12.0. The van der Waals surface area contributed by atoms with Gasteiger partial charge in [0.15, 0.2) is 0 Å². The normalized spacial score (nSPS) is 12.3. The maximum Gasteiger partial charge on any atom is 0.244 e. The lowest BCUT2D eigenvalue weighted by Crippen LogP contribution is -2.29. The molecule has 0 unspecified atom stereocenters. The van der Waals surface area contributed by atoms with Crippen molar-refractivity contribution < 1.29 is 21.6 Å². The predicted molar refractivity (Wildman–Crippen MR) is 72.3 cm³/mol. The van der Waals surface area contributed by atoms with E-state index in [1.54, 1.807) is 0 Å². The van der Waals surface area contributed by atoms with E-state index in [-0.39, 0.29) is 28.6 Å². The van der Waals surface area contributed by atoms with Crippen LogP contribution in [0.15, 0.2) is 23.1 Å². The summed E-state index contributed by atoms with van der Waals surface area (Å²) in [6, 6.07) is 4.19. The van der Waals surface area contributed by atoms with Crippen molar-refractivity contribution in [1.82, 2.24) is 4.72 Å². The van der Waals surface area contributed by atoms with Gasteiger partial charge in [0.2, 0.25) is 10.0 Å². The molecule has 0 aliphatic rings. The molecule has 0 amide bonds. The van der Waals surface area contributed by atoms with Gasteiger partial charge in [0, 0.05) is 18.5 Å². The van der Waals surface area contributed by atoms with Gasteiger partial charge in [-0.15, -0.1) is 0 Å². The first-order chi connectivity index (χ1) is 8.65. The van der Waals surface area contributed by atoms with Gasteiger partial charge >= 0.3 is 0 Å². The van der Waals surface area contributed by atoms with Gasteiger partial charge in [-0.3, -0.25) is 0 Å². The second kappa shape index (κ2) is 5.76. The van der Waals surface area contributed by atoms with Crippen molar-refractivity contribution in [2.45, 2.75) is 4.90 Å². The molecule has 1 aromatic rings. The van der Waals surface area contributed by atoms with Crippen molar-refractivity contribution in [3.05, 3.63) is 18.2 Å². The van der Waals surface area contributed by atoms with Crippen molar-refractivity contribution in [1.29, 1.82) is 0 Å². The SMILES string of the molecule is COc1ccc(N)cc1S(=O)(=O)NCCS(C)(=O)=O. The van der Waals surface area contributed by atoms with E-state index in [0.29, 0.717) is 0 Å². The molecule has 0 bridgehead atoms. The molecule has 0 saturated heterocycles. The first-order valence-corrected chi connectivity index (χ1v) is 8.81. The number of sulfone groups is 1. The molecule has 19 heavy (non-hydrogen) atoms. The summed E-state index contributed by atoms with van der Waals surface area (Å²) in [6.45, 7) is -0.209. The number of ether oxygens (including phenoxy) is 1. The monoisotopic (exact) mass is 308 g/mol. The summed E-state index contributed by atoms with van der Waals surface area (Å²) >= 11 is 0. The van der Waals surface area contributed by atoms with Crippen LogP contribution in [-0.2, 0) is 19.9 Å². The molecule has 0 atom stereocenters. The van der Waals surface area contributed by atoms with Gasteiger partial charge in [-0.25, -0.2) is 21.6 Å². The van der Waals surface area contributed by atoms with Gasteiger partial charge in [-0.2, -0.15) is 0 Å². The number of nitrogens with two attached hydrogens (primary N) is 1. The molecule has 1 aromatic carbocycles. The average molecular weight is 308 g/mol. The summed E-state index contributed by atoms with van der Waals surface area (Å²) in [5, 5.41) is 0. The number of hydrogen-bond donors (Lipinski definition) is 2. The Morgan fingerprint density at radius 2 is 1.89 bits per heavy atom. The molecule has 0 aliphatic carbocycles. The third-order valence-electron chi connectivity index (χ3n) is 2.24. The highest BCUT2D eigenvalue weighted by molar-refractivity contribution is 7.91. The van der Waals surface area contributed by atoms with Crippen molar-refractivity contribution >= 4 is 25.5 Å². The molecule has 9 heteroatoms. The Bertz CT molecular complexity index is 652. The molecular weight excluding hydrogens is 292 g/mol. The number of rotatable bonds is 6. The minimum atomic E-state index is -3.87. The van der Waals surface area contributed by atoms with Gasteiger partial charge < -0.3 is 10.5 Å². The zero-order chi connectivity index (χ0) is 14.7. The van der Waals surface area contributed by atoms with E-state index >= 15 is 0 Å². The largest absolute Gasteiger partial charge is 0.495 e. The standard InChI is InChI=1S/C10H16N2O5S2/c1-17-9-4-3-8(11)7-10(9)19(15,16)12-5-6-18(2,13)14/h3-4,7,12H,5-6,11H2,1-2H3. The van der Waals surface area contributed by atoms with E-state index in [9.17, 15) is 16.8 Å². The van der Waals surface area contributed by atoms with Gasteiger partial charge in [-0.1, -0.05) is 0 Å². The molecule has 0 heterocycles. The van der Waals surface area contributed by atoms with E-state index in [1.807, 2.05) is 0 Å². The summed E-state index contributed by atoms with van der Waals surface area (Å²) in [6.07, 6.45) is 1.03. The molecule has 0 saturated carbocycles. The van der Waals surface area contributed by atoms with Crippen LogP contribution in [0.1, 0.15) is 0 Å². The lowest BCUT2D eigenvalue weighted by atomic mass is 10.3. The molecule has 0 aliphatic heterocycles. The molecule has 3 N–H and O–H groups in total.